The summed E-state index contributed by atoms with van der Waals surface area (Å²) in [5, 5.41) is 1.02. The molecule has 0 rings (SSSR count). The maximum atomic E-state index is 5.15. The summed E-state index contributed by atoms with van der Waals surface area (Å²) in [4.78, 5) is 0. The summed E-state index contributed by atoms with van der Waals surface area (Å²) in [5.41, 5.74) is 0. The van der Waals surface area contributed by atoms with Gasteiger partial charge in [0.2, 0.25) is 0 Å². The first-order chi connectivity index (χ1) is 3.66. The van der Waals surface area contributed by atoms with Gasteiger partial charge >= 0.3 is 0 Å². The molecule has 1 unspecified atom stereocenters. The van der Waals surface area contributed by atoms with E-state index in [1.54, 1.807) is 0 Å². The molecule has 0 saturated carbocycles. The molecule has 1 atom stereocenters. The summed E-state index contributed by atoms with van der Waals surface area (Å²) in [5.74, 6) is 2.66. The molecule has 46 valence electrons. The van der Waals surface area contributed by atoms with Crippen LogP contribution in [0.25, 0.3) is 0 Å². The largest absolute Gasteiger partial charge is 0.143 e. The molecule has 0 aliphatic carbocycles. The lowest BCUT2D eigenvalue weighted by Gasteiger charge is -2.05. The molecule has 0 amide bonds. The van der Waals surface area contributed by atoms with Gasteiger partial charge in [-0.05, 0) is 6.92 Å². The minimum atomic E-state index is 0.370. The fourth-order valence-electron chi connectivity index (χ4n) is 0.448. The van der Waals surface area contributed by atoms with E-state index in [1.807, 2.05) is 18.7 Å². The first-order valence-electron chi connectivity index (χ1n) is 2.78. The van der Waals surface area contributed by atoms with Crippen LogP contribution in [0.3, 0.4) is 0 Å². The molecule has 0 fully saturated rings. The van der Waals surface area contributed by atoms with Crippen LogP contribution in [0.15, 0.2) is 0 Å². The molecular formula is C7H12S. The van der Waals surface area contributed by atoms with Crippen molar-refractivity contribution >= 4 is 11.8 Å². The van der Waals surface area contributed by atoms with E-state index in [4.69, 9.17) is 6.42 Å². The second-order valence-electron chi connectivity index (χ2n) is 1.99. The molecule has 0 saturated heterocycles. The Kier molecular flexibility index (Phi) is 3.81. The third-order valence-corrected chi connectivity index (χ3v) is 1.80. The maximum absolute atomic E-state index is 5.15. The highest BCUT2D eigenvalue weighted by Gasteiger charge is 1.98. The quantitative estimate of drug-likeness (QED) is 0.513. The molecule has 0 bridgehead atoms. The van der Waals surface area contributed by atoms with Gasteiger partial charge in [0.05, 0.1) is 5.25 Å². The lowest BCUT2D eigenvalue weighted by Crippen LogP contribution is -1.96. The van der Waals surface area contributed by atoms with Crippen LogP contribution in [-0.2, 0) is 0 Å². The highest BCUT2D eigenvalue weighted by Crippen LogP contribution is 2.14. The lowest BCUT2D eigenvalue weighted by molar-refractivity contribution is 1.10. The molecule has 0 radical (unpaired) electrons. The molecule has 0 nitrogen and oxygen atoms in total. The van der Waals surface area contributed by atoms with Crippen molar-refractivity contribution in [3.63, 3.8) is 0 Å². The van der Waals surface area contributed by atoms with Crippen LogP contribution in [0.5, 0.6) is 0 Å². The molecule has 0 aliphatic rings. The van der Waals surface area contributed by atoms with Crippen molar-refractivity contribution in [2.45, 2.75) is 31.3 Å². The van der Waals surface area contributed by atoms with Crippen molar-refractivity contribution in [1.29, 1.82) is 0 Å². The van der Waals surface area contributed by atoms with Crippen LogP contribution in [0.1, 0.15) is 20.8 Å². The normalized spacial score (nSPS) is 13.4. The number of thioether (sulfide) groups is 1. The van der Waals surface area contributed by atoms with Gasteiger partial charge in [0.15, 0.2) is 0 Å². The van der Waals surface area contributed by atoms with Crippen LogP contribution >= 0.6 is 11.8 Å². The topological polar surface area (TPSA) is 0 Å². The summed E-state index contributed by atoms with van der Waals surface area (Å²) < 4.78 is 0. The molecule has 0 aromatic heterocycles. The Bertz CT molecular complexity index is 89.1. The van der Waals surface area contributed by atoms with E-state index in [1.165, 1.54) is 0 Å². The van der Waals surface area contributed by atoms with E-state index in [0.29, 0.717) is 10.5 Å². The standard InChI is InChI=1S/C7H12S/c1-5-7(4)8-6(2)3/h1,6-7H,2-4H3. The predicted molar refractivity (Wildman–Crippen MR) is 41.0 cm³/mol. The van der Waals surface area contributed by atoms with Crippen LogP contribution in [-0.4, -0.2) is 10.5 Å². The van der Waals surface area contributed by atoms with Gasteiger partial charge in [-0.15, -0.1) is 18.2 Å². The second-order valence-corrected chi connectivity index (χ2v) is 3.92. The molecule has 0 aliphatic heterocycles. The molecule has 0 aromatic rings. The van der Waals surface area contributed by atoms with Crippen molar-refractivity contribution in [3.8, 4) is 12.3 Å². The third-order valence-electron chi connectivity index (χ3n) is 0.711. The predicted octanol–water partition coefficient (Wildman–Crippen LogP) is 2.15. The minimum absolute atomic E-state index is 0.370. The van der Waals surface area contributed by atoms with Crippen molar-refractivity contribution in [2.75, 3.05) is 0 Å². The van der Waals surface area contributed by atoms with Gasteiger partial charge in [-0.25, -0.2) is 0 Å². The molecule has 0 aromatic carbocycles. The summed E-state index contributed by atoms with van der Waals surface area (Å²) in [6.07, 6.45) is 5.15. The maximum Gasteiger partial charge on any atom is 0.0628 e. The van der Waals surface area contributed by atoms with Gasteiger partial charge < -0.3 is 0 Å². The Morgan fingerprint density at radius 2 is 1.88 bits per heavy atom. The van der Waals surface area contributed by atoms with Gasteiger partial charge in [-0.1, -0.05) is 19.8 Å². The first-order valence-corrected chi connectivity index (χ1v) is 3.72. The van der Waals surface area contributed by atoms with E-state index in [0.717, 1.165) is 0 Å². The number of hydrogen-bond acceptors (Lipinski definition) is 1. The van der Waals surface area contributed by atoms with Gasteiger partial charge in [0.1, 0.15) is 0 Å². The van der Waals surface area contributed by atoms with Gasteiger partial charge in [0, 0.05) is 5.25 Å². The van der Waals surface area contributed by atoms with E-state index < -0.39 is 0 Å². The average Bonchev–Trinajstić information content (AvgIpc) is 1.65. The molecular weight excluding hydrogens is 116 g/mol. The van der Waals surface area contributed by atoms with Crippen LogP contribution < -0.4 is 0 Å². The second kappa shape index (κ2) is 3.86. The Morgan fingerprint density at radius 1 is 1.38 bits per heavy atom. The smallest absolute Gasteiger partial charge is 0.0628 e. The average molecular weight is 128 g/mol. The monoisotopic (exact) mass is 128 g/mol. The first kappa shape index (κ1) is 7.91. The van der Waals surface area contributed by atoms with E-state index in [9.17, 15) is 0 Å². The highest BCUT2D eigenvalue weighted by molar-refractivity contribution is 8.00. The Morgan fingerprint density at radius 3 is 2.00 bits per heavy atom. The number of hydrogen-bond donors (Lipinski definition) is 0. The summed E-state index contributed by atoms with van der Waals surface area (Å²) in [6, 6.07) is 0. The zero-order chi connectivity index (χ0) is 6.57. The molecule has 0 spiro atoms. The Labute approximate surface area is 56.1 Å². The highest BCUT2D eigenvalue weighted by atomic mass is 32.2. The molecule has 0 N–H and O–H groups in total. The van der Waals surface area contributed by atoms with Crippen LogP contribution in [0.2, 0.25) is 0 Å². The minimum Gasteiger partial charge on any atom is -0.143 e. The zero-order valence-electron chi connectivity index (χ0n) is 5.64. The lowest BCUT2D eigenvalue weighted by atomic mass is 10.5. The molecule has 8 heavy (non-hydrogen) atoms. The number of terminal acetylenes is 1. The fourth-order valence-corrected chi connectivity index (χ4v) is 1.34. The van der Waals surface area contributed by atoms with E-state index in [-0.39, 0.29) is 0 Å². The van der Waals surface area contributed by atoms with Crippen LogP contribution in [0, 0.1) is 12.3 Å². The van der Waals surface area contributed by atoms with Gasteiger partial charge in [-0.3, -0.25) is 0 Å². The van der Waals surface area contributed by atoms with Crippen molar-refractivity contribution < 1.29 is 0 Å². The van der Waals surface area contributed by atoms with Crippen molar-refractivity contribution in [3.05, 3.63) is 0 Å². The van der Waals surface area contributed by atoms with Crippen molar-refractivity contribution in [1.82, 2.24) is 0 Å². The fraction of sp³-hybridized carbons (Fsp3) is 0.714. The molecule has 1 heteroatoms. The SMILES string of the molecule is C#CC(C)SC(C)C. The van der Waals surface area contributed by atoms with E-state index in [2.05, 4.69) is 19.8 Å². The Hall–Kier alpha value is -0.0900. The summed E-state index contributed by atoms with van der Waals surface area (Å²) in [6.45, 7) is 6.35. The molecule has 0 heterocycles. The third kappa shape index (κ3) is 4.08. The Balaban J connectivity index is 3.28. The summed E-state index contributed by atoms with van der Waals surface area (Å²) >= 11 is 1.82. The van der Waals surface area contributed by atoms with Gasteiger partial charge in [0.25, 0.3) is 0 Å². The number of rotatable bonds is 2. The summed E-state index contributed by atoms with van der Waals surface area (Å²) in [7, 11) is 0. The zero-order valence-corrected chi connectivity index (χ0v) is 6.46. The van der Waals surface area contributed by atoms with Gasteiger partial charge in [-0.2, -0.15) is 0 Å². The van der Waals surface area contributed by atoms with Crippen molar-refractivity contribution in [2.24, 2.45) is 0 Å². The van der Waals surface area contributed by atoms with Crippen LogP contribution in [0.4, 0.5) is 0 Å². The van der Waals surface area contributed by atoms with E-state index >= 15 is 0 Å².